The van der Waals surface area contributed by atoms with Gasteiger partial charge in [-0.2, -0.15) is 0 Å². The molecule has 1 N–H and O–H groups in total. The minimum Gasteiger partial charge on any atom is -0.481 e. The first-order valence-corrected chi connectivity index (χ1v) is 6.80. The first kappa shape index (κ1) is 13.5. The molecule has 0 atom stereocenters. The van der Waals surface area contributed by atoms with Crippen LogP contribution in [-0.2, 0) is 11.2 Å². The number of carbonyl (C=O) groups is 2. The van der Waals surface area contributed by atoms with Crippen LogP contribution < -0.4 is 0 Å². The van der Waals surface area contributed by atoms with E-state index in [-0.39, 0.29) is 12.2 Å². The lowest BCUT2D eigenvalue weighted by atomic mass is 10.1. The average Bonchev–Trinajstić information content (AvgIpc) is 2.78. The summed E-state index contributed by atoms with van der Waals surface area (Å²) in [5, 5.41) is 8.70. The Bertz CT molecular complexity index is 599. The van der Waals surface area contributed by atoms with Crippen LogP contribution in [0.4, 0.5) is 0 Å². The molecule has 3 nitrogen and oxygen atoms in total. The highest BCUT2D eigenvalue weighted by Crippen LogP contribution is 2.25. The number of aliphatic carboxylic acids is 1. The van der Waals surface area contributed by atoms with Crippen molar-refractivity contribution in [1.82, 2.24) is 0 Å². The van der Waals surface area contributed by atoms with Crippen LogP contribution in [0.3, 0.4) is 0 Å². The number of thiophene rings is 1. The van der Waals surface area contributed by atoms with Gasteiger partial charge >= 0.3 is 5.97 Å². The molecule has 1 heterocycles. The minimum absolute atomic E-state index is 0.00437. The standard InChI is InChI=1S/C15H14O3S/c1-10-9-13(19-12(10)7-8-14(16)17)15(18)11-5-3-2-4-6-11/h2-6,9H,7-8H2,1H3,(H,16,17). The van der Waals surface area contributed by atoms with E-state index in [2.05, 4.69) is 0 Å². The summed E-state index contributed by atoms with van der Waals surface area (Å²) < 4.78 is 0. The van der Waals surface area contributed by atoms with Crippen LogP contribution in [0.15, 0.2) is 36.4 Å². The lowest BCUT2D eigenvalue weighted by Gasteiger charge is -1.96. The van der Waals surface area contributed by atoms with E-state index in [0.717, 1.165) is 10.4 Å². The molecule has 2 aromatic rings. The number of benzene rings is 1. The molecular formula is C15H14O3S. The predicted molar refractivity (Wildman–Crippen MR) is 74.9 cm³/mol. The smallest absolute Gasteiger partial charge is 0.303 e. The van der Waals surface area contributed by atoms with E-state index in [1.807, 2.05) is 31.2 Å². The summed E-state index contributed by atoms with van der Waals surface area (Å²) in [7, 11) is 0. The van der Waals surface area contributed by atoms with Crippen LogP contribution in [0.25, 0.3) is 0 Å². The van der Waals surface area contributed by atoms with Gasteiger partial charge in [-0.25, -0.2) is 0 Å². The second kappa shape index (κ2) is 5.80. The third kappa shape index (κ3) is 3.29. The van der Waals surface area contributed by atoms with E-state index in [0.29, 0.717) is 16.9 Å². The molecule has 0 aliphatic heterocycles. The zero-order valence-corrected chi connectivity index (χ0v) is 11.4. The van der Waals surface area contributed by atoms with Crippen LogP contribution in [-0.4, -0.2) is 16.9 Å². The molecule has 0 saturated heterocycles. The maximum Gasteiger partial charge on any atom is 0.303 e. The molecule has 0 aliphatic rings. The summed E-state index contributed by atoms with van der Waals surface area (Å²) in [6, 6.07) is 11.0. The number of hydrogen-bond donors (Lipinski definition) is 1. The average molecular weight is 274 g/mol. The molecule has 0 spiro atoms. The van der Waals surface area contributed by atoms with E-state index >= 15 is 0 Å². The maximum absolute atomic E-state index is 12.2. The van der Waals surface area contributed by atoms with Gasteiger partial charge in [0.05, 0.1) is 11.3 Å². The highest BCUT2D eigenvalue weighted by Gasteiger charge is 2.14. The summed E-state index contributed by atoms with van der Waals surface area (Å²) in [5.74, 6) is -0.820. The van der Waals surface area contributed by atoms with E-state index in [1.165, 1.54) is 11.3 Å². The van der Waals surface area contributed by atoms with Crippen LogP contribution in [0.2, 0.25) is 0 Å². The van der Waals surface area contributed by atoms with Crippen molar-refractivity contribution < 1.29 is 14.7 Å². The normalized spacial score (nSPS) is 10.4. The van der Waals surface area contributed by atoms with Crippen molar-refractivity contribution in [2.75, 3.05) is 0 Å². The third-order valence-electron chi connectivity index (χ3n) is 2.85. The first-order valence-electron chi connectivity index (χ1n) is 5.99. The summed E-state index contributed by atoms with van der Waals surface area (Å²) >= 11 is 1.39. The van der Waals surface area contributed by atoms with E-state index < -0.39 is 5.97 Å². The topological polar surface area (TPSA) is 54.4 Å². The molecule has 19 heavy (non-hydrogen) atoms. The molecule has 0 bridgehead atoms. The Balaban J connectivity index is 2.20. The molecule has 4 heteroatoms. The Morgan fingerprint density at radius 3 is 2.53 bits per heavy atom. The number of rotatable bonds is 5. The van der Waals surface area contributed by atoms with Gasteiger partial charge in [0.25, 0.3) is 0 Å². The highest BCUT2D eigenvalue weighted by atomic mass is 32.1. The van der Waals surface area contributed by atoms with Crippen molar-refractivity contribution in [3.63, 3.8) is 0 Å². The van der Waals surface area contributed by atoms with E-state index in [1.54, 1.807) is 12.1 Å². The summed E-state index contributed by atoms with van der Waals surface area (Å²) in [6.07, 6.45) is 0.578. The second-order valence-corrected chi connectivity index (χ2v) is 5.44. The van der Waals surface area contributed by atoms with Crippen molar-refractivity contribution in [1.29, 1.82) is 0 Å². The van der Waals surface area contributed by atoms with Crippen molar-refractivity contribution in [2.45, 2.75) is 19.8 Å². The van der Waals surface area contributed by atoms with E-state index in [4.69, 9.17) is 5.11 Å². The number of hydrogen-bond acceptors (Lipinski definition) is 3. The van der Waals surface area contributed by atoms with Gasteiger partial charge in [-0.1, -0.05) is 30.3 Å². The lowest BCUT2D eigenvalue weighted by molar-refractivity contribution is -0.136. The SMILES string of the molecule is Cc1cc(C(=O)c2ccccc2)sc1CCC(=O)O. The first-order chi connectivity index (χ1) is 9.08. The maximum atomic E-state index is 12.2. The van der Waals surface area contributed by atoms with E-state index in [9.17, 15) is 9.59 Å². The fraction of sp³-hybridized carbons (Fsp3) is 0.200. The number of ketones is 1. The van der Waals surface area contributed by atoms with Gasteiger partial charge in [-0.05, 0) is 25.0 Å². The Hall–Kier alpha value is -1.94. The Labute approximate surface area is 115 Å². The summed E-state index contributed by atoms with van der Waals surface area (Å²) in [4.78, 5) is 24.5. The van der Waals surface area contributed by atoms with Crippen molar-refractivity contribution in [3.05, 3.63) is 57.3 Å². The Kier molecular flexibility index (Phi) is 4.12. The van der Waals surface area contributed by atoms with Crippen LogP contribution in [0.1, 0.15) is 32.1 Å². The molecule has 0 aliphatic carbocycles. The monoisotopic (exact) mass is 274 g/mol. The van der Waals surface area contributed by atoms with Gasteiger partial charge in [0.1, 0.15) is 0 Å². The van der Waals surface area contributed by atoms with Crippen molar-refractivity contribution in [2.24, 2.45) is 0 Å². The highest BCUT2D eigenvalue weighted by molar-refractivity contribution is 7.14. The predicted octanol–water partition coefficient (Wildman–Crippen LogP) is 3.30. The molecule has 1 aromatic carbocycles. The molecule has 2 rings (SSSR count). The van der Waals surface area contributed by atoms with Gasteiger partial charge in [0.2, 0.25) is 5.78 Å². The molecular weight excluding hydrogens is 260 g/mol. The number of carboxylic acids is 1. The molecule has 0 amide bonds. The quantitative estimate of drug-likeness (QED) is 0.851. The molecule has 0 unspecified atom stereocenters. The van der Waals surface area contributed by atoms with Crippen molar-refractivity contribution in [3.8, 4) is 0 Å². The molecule has 0 radical (unpaired) electrons. The molecule has 98 valence electrons. The Morgan fingerprint density at radius 2 is 1.89 bits per heavy atom. The zero-order chi connectivity index (χ0) is 13.8. The van der Waals surface area contributed by atoms with Gasteiger partial charge < -0.3 is 5.11 Å². The largest absolute Gasteiger partial charge is 0.481 e. The van der Waals surface area contributed by atoms with Crippen LogP contribution in [0, 0.1) is 6.92 Å². The van der Waals surface area contributed by atoms with Crippen LogP contribution >= 0.6 is 11.3 Å². The van der Waals surface area contributed by atoms with Crippen molar-refractivity contribution >= 4 is 23.1 Å². The minimum atomic E-state index is -0.816. The van der Waals surface area contributed by atoms with Crippen LogP contribution in [0.5, 0.6) is 0 Å². The Morgan fingerprint density at radius 1 is 1.21 bits per heavy atom. The number of carbonyl (C=O) groups excluding carboxylic acids is 1. The van der Waals surface area contributed by atoms with Gasteiger partial charge in [-0.15, -0.1) is 11.3 Å². The zero-order valence-electron chi connectivity index (χ0n) is 10.6. The molecule has 0 fully saturated rings. The van der Waals surface area contributed by atoms with Gasteiger partial charge in [-0.3, -0.25) is 9.59 Å². The third-order valence-corrected chi connectivity index (χ3v) is 4.14. The second-order valence-electron chi connectivity index (χ2n) is 4.31. The fourth-order valence-electron chi connectivity index (χ4n) is 1.83. The molecule has 0 saturated carbocycles. The van der Waals surface area contributed by atoms with Gasteiger partial charge in [0.15, 0.2) is 0 Å². The van der Waals surface area contributed by atoms with Gasteiger partial charge in [0, 0.05) is 10.4 Å². The molecule has 1 aromatic heterocycles. The summed E-state index contributed by atoms with van der Waals surface area (Å²) in [5.41, 5.74) is 1.65. The fourth-order valence-corrected chi connectivity index (χ4v) is 2.97. The lowest BCUT2D eigenvalue weighted by Crippen LogP contribution is -1.97. The number of carboxylic acid groups (broad SMARTS) is 1. The summed E-state index contributed by atoms with van der Waals surface area (Å²) in [6.45, 7) is 1.91. The number of aryl methyl sites for hydroxylation is 2.